The lowest BCUT2D eigenvalue weighted by molar-refractivity contribution is 0.191. The summed E-state index contributed by atoms with van der Waals surface area (Å²) >= 11 is 0. The Morgan fingerprint density at radius 1 is 1.00 bits per heavy atom. The summed E-state index contributed by atoms with van der Waals surface area (Å²) in [5, 5.41) is 6.49. The van der Waals surface area contributed by atoms with E-state index in [0.29, 0.717) is 0 Å². The Balaban J connectivity index is 1.63. The van der Waals surface area contributed by atoms with E-state index in [-0.39, 0.29) is 0 Å². The average Bonchev–Trinajstić information content (AvgIpc) is 2.69. The topological polar surface area (TPSA) is 18.8 Å². The summed E-state index contributed by atoms with van der Waals surface area (Å²) in [5.41, 5.74) is 0. The summed E-state index contributed by atoms with van der Waals surface area (Å²) in [7, 11) is 0. The number of piperidine rings is 1. The molecule has 0 aromatic carbocycles. The molecular formula is C10H19N3. The molecule has 0 atom stereocenters. The van der Waals surface area contributed by atoms with E-state index in [1.807, 2.05) is 6.21 Å². The van der Waals surface area contributed by atoms with Crippen molar-refractivity contribution in [3.8, 4) is 0 Å². The fourth-order valence-electron chi connectivity index (χ4n) is 2.05. The lowest BCUT2D eigenvalue weighted by Crippen LogP contribution is -2.35. The highest BCUT2D eigenvalue weighted by atomic mass is 15.5. The molecule has 0 bridgehead atoms. The third-order valence-corrected chi connectivity index (χ3v) is 2.88. The second-order valence-corrected chi connectivity index (χ2v) is 3.94. The number of hydrogen-bond acceptors (Lipinski definition) is 3. The van der Waals surface area contributed by atoms with Gasteiger partial charge in [0.15, 0.2) is 0 Å². The molecule has 0 amide bonds. The van der Waals surface area contributed by atoms with Crippen molar-refractivity contribution >= 4 is 6.21 Å². The average molecular weight is 181 g/mol. The summed E-state index contributed by atoms with van der Waals surface area (Å²) in [5.74, 6) is 0. The van der Waals surface area contributed by atoms with Gasteiger partial charge in [0.1, 0.15) is 0 Å². The van der Waals surface area contributed by atoms with Crippen molar-refractivity contribution in [1.29, 1.82) is 0 Å². The third-order valence-electron chi connectivity index (χ3n) is 2.88. The van der Waals surface area contributed by atoms with Gasteiger partial charge in [0, 0.05) is 32.3 Å². The fraction of sp³-hybridized carbons (Fsp3) is 0.900. The van der Waals surface area contributed by atoms with Gasteiger partial charge in [-0.3, -0.25) is 5.01 Å². The predicted octanol–water partition coefficient (Wildman–Crippen LogP) is 1.16. The molecule has 0 N–H and O–H groups in total. The van der Waals surface area contributed by atoms with Crippen LogP contribution in [0.25, 0.3) is 0 Å². The largest absolute Gasteiger partial charge is 0.302 e. The van der Waals surface area contributed by atoms with Crippen molar-refractivity contribution in [2.24, 2.45) is 5.10 Å². The SMILES string of the molecule is C1=NN(CCN2CCCCC2)CC1. The van der Waals surface area contributed by atoms with Gasteiger partial charge in [0.2, 0.25) is 0 Å². The van der Waals surface area contributed by atoms with Gasteiger partial charge >= 0.3 is 0 Å². The Bertz CT molecular complexity index is 173. The molecule has 0 aliphatic carbocycles. The highest BCUT2D eigenvalue weighted by Gasteiger charge is 2.11. The molecule has 1 saturated heterocycles. The van der Waals surface area contributed by atoms with Crippen LogP contribution in [0, 0.1) is 0 Å². The van der Waals surface area contributed by atoms with Crippen LogP contribution in [0.3, 0.4) is 0 Å². The highest BCUT2D eigenvalue weighted by molar-refractivity contribution is 5.58. The molecule has 2 aliphatic heterocycles. The van der Waals surface area contributed by atoms with Crippen LogP contribution in [0.15, 0.2) is 5.10 Å². The number of rotatable bonds is 3. The number of nitrogens with zero attached hydrogens (tertiary/aromatic N) is 3. The first kappa shape index (κ1) is 9.00. The van der Waals surface area contributed by atoms with Crippen LogP contribution in [0.2, 0.25) is 0 Å². The molecule has 0 aromatic rings. The first-order valence-corrected chi connectivity index (χ1v) is 5.45. The number of likely N-dealkylation sites (tertiary alicyclic amines) is 1. The molecule has 2 aliphatic rings. The molecule has 74 valence electrons. The van der Waals surface area contributed by atoms with Gasteiger partial charge in [0.05, 0.1) is 0 Å². The van der Waals surface area contributed by atoms with E-state index < -0.39 is 0 Å². The van der Waals surface area contributed by atoms with E-state index in [9.17, 15) is 0 Å². The van der Waals surface area contributed by atoms with Crippen molar-refractivity contribution < 1.29 is 0 Å². The minimum absolute atomic E-state index is 1.12. The van der Waals surface area contributed by atoms with Gasteiger partial charge in [0.25, 0.3) is 0 Å². The van der Waals surface area contributed by atoms with E-state index in [0.717, 1.165) is 19.5 Å². The Kier molecular flexibility index (Phi) is 3.19. The van der Waals surface area contributed by atoms with Crippen molar-refractivity contribution in [1.82, 2.24) is 9.91 Å². The molecule has 2 heterocycles. The van der Waals surface area contributed by atoms with Gasteiger partial charge in [-0.15, -0.1) is 0 Å². The van der Waals surface area contributed by atoms with Crippen LogP contribution in [0.4, 0.5) is 0 Å². The zero-order valence-electron chi connectivity index (χ0n) is 8.28. The molecule has 0 unspecified atom stereocenters. The summed E-state index contributed by atoms with van der Waals surface area (Å²) < 4.78 is 0. The molecule has 13 heavy (non-hydrogen) atoms. The monoisotopic (exact) mass is 181 g/mol. The fourth-order valence-corrected chi connectivity index (χ4v) is 2.05. The quantitative estimate of drug-likeness (QED) is 0.650. The first-order valence-electron chi connectivity index (χ1n) is 5.45. The van der Waals surface area contributed by atoms with Crippen LogP contribution in [0.1, 0.15) is 25.7 Å². The van der Waals surface area contributed by atoms with Crippen LogP contribution in [-0.2, 0) is 0 Å². The molecule has 0 spiro atoms. The first-order chi connectivity index (χ1) is 6.45. The minimum atomic E-state index is 1.12. The number of hydrogen-bond donors (Lipinski definition) is 0. The lowest BCUT2D eigenvalue weighted by Gasteiger charge is -2.27. The molecule has 0 aromatic heterocycles. The molecule has 2 rings (SSSR count). The second-order valence-electron chi connectivity index (χ2n) is 3.94. The Hall–Kier alpha value is -0.570. The van der Waals surface area contributed by atoms with E-state index in [4.69, 9.17) is 0 Å². The Morgan fingerprint density at radius 2 is 1.85 bits per heavy atom. The lowest BCUT2D eigenvalue weighted by atomic mass is 10.1. The Labute approximate surface area is 80.4 Å². The van der Waals surface area contributed by atoms with E-state index in [2.05, 4.69) is 15.0 Å². The molecule has 3 heteroatoms. The van der Waals surface area contributed by atoms with Gasteiger partial charge in [-0.1, -0.05) is 6.42 Å². The van der Waals surface area contributed by atoms with Crippen LogP contribution in [-0.4, -0.2) is 48.8 Å². The maximum Gasteiger partial charge on any atom is 0.0487 e. The summed E-state index contributed by atoms with van der Waals surface area (Å²) in [6, 6.07) is 0. The van der Waals surface area contributed by atoms with E-state index in [1.54, 1.807) is 0 Å². The normalized spacial score (nSPS) is 24.2. The van der Waals surface area contributed by atoms with Gasteiger partial charge in [-0.2, -0.15) is 5.10 Å². The minimum Gasteiger partial charge on any atom is -0.302 e. The maximum absolute atomic E-state index is 4.30. The van der Waals surface area contributed by atoms with Crippen molar-refractivity contribution in [3.05, 3.63) is 0 Å². The third kappa shape index (κ3) is 2.69. The van der Waals surface area contributed by atoms with E-state index >= 15 is 0 Å². The summed E-state index contributed by atoms with van der Waals surface area (Å²) in [4.78, 5) is 2.57. The summed E-state index contributed by atoms with van der Waals surface area (Å²) in [6.45, 7) is 6.07. The maximum atomic E-state index is 4.30. The molecule has 1 fully saturated rings. The highest BCUT2D eigenvalue weighted by Crippen LogP contribution is 2.08. The van der Waals surface area contributed by atoms with E-state index in [1.165, 1.54) is 38.9 Å². The summed E-state index contributed by atoms with van der Waals surface area (Å²) in [6.07, 6.45) is 7.38. The van der Waals surface area contributed by atoms with Crippen molar-refractivity contribution in [3.63, 3.8) is 0 Å². The van der Waals surface area contributed by atoms with Gasteiger partial charge in [-0.05, 0) is 25.9 Å². The molecular weight excluding hydrogens is 162 g/mol. The molecule has 0 saturated carbocycles. The van der Waals surface area contributed by atoms with Crippen molar-refractivity contribution in [2.45, 2.75) is 25.7 Å². The smallest absolute Gasteiger partial charge is 0.0487 e. The van der Waals surface area contributed by atoms with Gasteiger partial charge < -0.3 is 4.90 Å². The molecule has 3 nitrogen and oxygen atoms in total. The number of hydrazone groups is 1. The van der Waals surface area contributed by atoms with Gasteiger partial charge in [-0.25, -0.2) is 0 Å². The standard InChI is InChI=1S/C10H19N3/c1-2-6-12(7-3-1)9-10-13-8-4-5-11-13/h5H,1-4,6-10H2. The van der Waals surface area contributed by atoms with Crippen LogP contribution >= 0.6 is 0 Å². The van der Waals surface area contributed by atoms with Crippen LogP contribution < -0.4 is 0 Å². The van der Waals surface area contributed by atoms with Crippen molar-refractivity contribution in [2.75, 3.05) is 32.7 Å². The van der Waals surface area contributed by atoms with Crippen LogP contribution in [0.5, 0.6) is 0 Å². The Morgan fingerprint density at radius 3 is 2.54 bits per heavy atom. The predicted molar refractivity (Wildman–Crippen MR) is 55.0 cm³/mol. The molecule has 0 radical (unpaired) electrons. The second kappa shape index (κ2) is 4.61. The zero-order valence-corrected chi connectivity index (χ0v) is 8.28. The zero-order chi connectivity index (χ0) is 8.93.